The number of rotatable bonds is 6. The van der Waals surface area contributed by atoms with Crippen LogP contribution in [-0.4, -0.2) is 17.3 Å². The van der Waals surface area contributed by atoms with Gasteiger partial charge in [-0.25, -0.2) is 0 Å². The predicted octanol–water partition coefficient (Wildman–Crippen LogP) is 6.59. The van der Waals surface area contributed by atoms with E-state index < -0.39 is 0 Å². The molecule has 0 aliphatic carbocycles. The third-order valence-electron chi connectivity index (χ3n) is 5.00. The van der Waals surface area contributed by atoms with Gasteiger partial charge in [-0.15, -0.1) is 0 Å². The van der Waals surface area contributed by atoms with E-state index in [4.69, 9.17) is 0 Å². The fraction of sp³-hybridized carbons (Fsp3) is 0. The predicted molar refractivity (Wildman–Crippen MR) is 141 cm³/mol. The Morgan fingerprint density at radius 3 is 1.31 bits per heavy atom. The van der Waals surface area contributed by atoms with Crippen molar-refractivity contribution in [2.75, 3.05) is 0 Å². The highest BCUT2D eigenvalue weighted by Gasteiger charge is 2.20. The van der Waals surface area contributed by atoms with Gasteiger partial charge >= 0.3 is 0 Å². The molecule has 4 aromatic carbocycles. The average molecular weight is 642 g/mol. The van der Waals surface area contributed by atoms with Gasteiger partial charge in [-0.2, -0.15) is 0 Å². The summed E-state index contributed by atoms with van der Waals surface area (Å²) in [6, 6.07) is 28.1. The topological polar surface area (TPSA) is 51.2 Å². The minimum atomic E-state index is -0.257. The molecule has 0 fully saturated rings. The quantitative estimate of drug-likeness (QED) is 0.176. The van der Waals surface area contributed by atoms with Crippen molar-refractivity contribution in [1.29, 1.82) is 0 Å². The fourth-order valence-corrected chi connectivity index (χ4v) is 4.48. The summed E-state index contributed by atoms with van der Waals surface area (Å²) in [7, 11) is 0. The molecule has 4 aromatic rings. The Bertz CT molecular complexity index is 1340. The van der Waals surface area contributed by atoms with E-state index in [0.29, 0.717) is 33.4 Å². The minimum absolute atomic E-state index is 0.100. The Labute approximate surface area is 213 Å². The number of halogens is 2. The largest absolute Gasteiger partial charge is 0.289 e. The lowest BCUT2D eigenvalue weighted by Gasteiger charge is -2.09. The SMILES string of the molecule is O=C(c1ccc(C(=O)c2ccccc2C(=O)c2cccc(I)c2)cc1)c1cccc(I)c1. The summed E-state index contributed by atoms with van der Waals surface area (Å²) >= 11 is 4.32. The lowest BCUT2D eigenvalue weighted by Crippen LogP contribution is -2.11. The highest BCUT2D eigenvalue weighted by Crippen LogP contribution is 2.21. The molecular formula is C27H16I2O3. The van der Waals surface area contributed by atoms with Gasteiger partial charge in [0.25, 0.3) is 0 Å². The summed E-state index contributed by atoms with van der Waals surface area (Å²) in [5.74, 6) is -0.553. The normalized spacial score (nSPS) is 10.6. The third kappa shape index (κ3) is 4.88. The first kappa shape index (κ1) is 22.5. The van der Waals surface area contributed by atoms with E-state index >= 15 is 0 Å². The molecule has 0 amide bonds. The molecule has 0 aliphatic heterocycles. The number of ketones is 3. The number of benzene rings is 4. The van der Waals surface area contributed by atoms with Crippen LogP contribution in [0.2, 0.25) is 0 Å². The molecule has 0 saturated carbocycles. The maximum absolute atomic E-state index is 13.2. The zero-order chi connectivity index (χ0) is 22.7. The molecule has 0 spiro atoms. The second kappa shape index (κ2) is 9.87. The number of carbonyl (C=O) groups excluding carboxylic acids is 3. The molecule has 0 radical (unpaired) electrons. The van der Waals surface area contributed by atoms with E-state index in [1.54, 1.807) is 66.7 Å². The maximum atomic E-state index is 13.2. The van der Waals surface area contributed by atoms with Crippen LogP contribution in [0.15, 0.2) is 97.1 Å². The van der Waals surface area contributed by atoms with Crippen LogP contribution in [0, 0.1) is 7.14 Å². The van der Waals surface area contributed by atoms with Gasteiger partial charge in [-0.05, 0) is 69.4 Å². The van der Waals surface area contributed by atoms with Gasteiger partial charge in [0, 0.05) is 40.5 Å². The summed E-state index contributed by atoms with van der Waals surface area (Å²) < 4.78 is 1.93. The summed E-state index contributed by atoms with van der Waals surface area (Å²) in [4.78, 5) is 39.1. The van der Waals surface area contributed by atoms with Crippen LogP contribution in [0.3, 0.4) is 0 Å². The van der Waals surface area contributed by atoms with Crippen LogP contribution in [0.4, 0.5) is 0 Å². The van der Waals surface area contributed by atoms with Crippen LogP contribution in [0.1, 0.15) is 47.8 Å². The van der Waals surface area contributed by atoms with Gasteiger partial charge in [0.2, 0.25) is 0 Å². The molecule has 4 rings (SSSR count). The number of hydrogen-bond acceptors (Lipinski definition) is 3. The molecule has 156 valence electrons. The van der Waals surface area contributed by atoms with Gasteiger partial charge in [-0.3, -0.25) is 14.4 Å². The zero-order valence-corrected chi connectivity index (χ0v) is 21.0. The molecule has 0 saturated heterocycles. The van der Waals surface area contributed by atoms with Crippen molar-refractivity contribution in [3.8, 4) is 0 Å². The Hall–Kier alpha value is -2.65. The van der Waals surface area contributed by atoms with E-state index in [0.717, 1.165) is 7.14 Å². The van der Waals surface area contributed by atoms with Crippen LogP contribution in [0.5, 0.6) is 0 Å². The number of hydrogen-bond donors (Lipinski definition) is 0. The van der Waals surface area contributed by atoms with Crippen molar-refractivity contribution < 1.29 is 14.4 Å². The molecule has 3 nitrogen and oxygen atoms in total. The summed E-state index contributed by atoms with van der Waals surface area (Å²) in [6.07, 6.45) is 0. The van der Waals surface area contributed by atoms with Crippen LogP contribution >= 0.6 is 45.2 Å². The lowest BCUT2D eigenvalue weighted by molar-refractivity contribution is 0.100. The molecule has 5 heteroatoms. The van der Waals surface area contributed by atoms with E-state index in [1.807, 2.05) is 30.3 Å². The van der Waals surface area contributed by atoms with Gasteiger partial charge in [0.15, 0.2) is 17.3 Å². The van der Waals surface area contributed by atoms with Crippen molar-refractivity contribution in [2.24, 2.45) is 0 Å². The first-order valence-electron chi connectivity index (χ1n) is 9.78. The molecule has 0 unspecified atom stereocenters. The van der Waals surface area contributed by atoms with Gasteiger partial charge in [0.05, 0.1) is 0 Å². The van der Waals surface area contributed by atoms with Crippen LogP contribution in [-0.2, 0) is 0 Å². The van der Waals surface area contributed by atoms with Crippen molar-refractivity contribution in [3.63, 3.8) is 0 Å². The number of carbonyl (C=O) groups is 3. The standard InChI is InChI=1S/C27H16I2O3/c28-21-7-3-5-19(15-21)25(30)17-11-13-18(14-12-17)26(31)23-9-1-2-10-24(23)27(32)20-6-4-8-22(29)16-20/h1-16H. The Morgan fingerprint density at radius 2 is 0.844 bits per heavy atom. The van der Waals surface area contributed by atoms with Gasteiger partial charge in [-0.1, -0.05) is 72.8 Å². The average Bonchev–Trinajstić information content (AvgIpc) is 2.83. The van der Waals surface area contributed by atoms with Crippen LogP contribution < -0.4 is 0 Å². The van der Waals surface area contributed by atoms with E-state index in [-0.39, 0.29) is 17.3 Å². The first-order chi connectivity index (χ1) is 15.4. The van der Waals surface area contributed by atoms with Crippen molar-refractivity contribution in [1.82, 2.24) is 0 Å². The Balaban J connectivity index is 1.63. The van der Waals surface area contributed by atoms with Gasteiger partial charge < -0.3 is 0 Å². The second-order valence-electron chi connectivity index (χ2n) is 7.13. The maximum Gasteiger partial charge on any atom is 0.193 e. The Morgan fingerprint density at radius 1 is 0.438 bits per heavy atom. The monoisotopic (exact) mass is 642 g/mol. The lowest BCUT2D eigenvalue weighted by atomic mass is 9.92. The molecule has 0 heterocycles. The summed E-state index contributed by atoms with van der Waals surface area (Å²) in [5.41, 5.74) is 2.77. The van der Waals surface area contributed by atoms with E-state index in [2.05, 4.69) is 45.2 Å². The van der Waals surface area contributed by atoms with Crippen molar-refractivity contribution in [3.05, 3.63) is 138 Å². The third-order valence-corrected chi connectivity index (χ3v) is 6.34. The van der Waals surface area contributed by atoms with Gasteiger partial charge in [0.1, 0.15) is 0 Å². The molecule has 0 aliphatic rings. The highest BCUT2D eigenvalue weighted by atomic mass is 127. The molecule has 0 aromatic heterocycles. The Kier molecular flexibility index (Phi) is 6.95. The smallest absolute Gasteiger partial charge is 0.193 e. The highest BCUT2D eigenvalue weighted by molar-refractivity contribution is 14.1. The van der Waals surface area contributed by atoms with Crippen molar-refractivity contribution in [2.45, 2.75) is 0 Å². The van der Waals surface area contributed by atoms with Crippen LogP contribution in [0.25, 0.3) is 0 Å². The summed E-state index contributed by atoms with van der Waals surface area (Å²) in [5, 5.41) is 0. The first-order valence-corrected chi connectivity index (χ1v) is 11.9. The second-order valence-corrected chi connectivity index (χ2v) is 9.62. The molecule has 0 N–H and O–H groups in total. The minimum Gasteiger partial charge on any atom is -0.289 e. The van der Waals surface area contributed by atoms with E-state index in [9.17, 15) is 14.4 Å². The molecule has 32 heavy (non-hydrogen) atoms. The summed E-state index contributed by atoms with van der Waals surface area (Å²) in [6.45, 7) is 0. The molecule has 0 atom stereocenters. The zero-order valence-electron chi connectivity index (χ0n) is 16.7. The fourth-order valence-electron chi connectivity index (χ4n) is 3.39. The molecular weight excluding hydrogens is 626 g/mol. The molecule has 0 bridgehead atoms. The van der Waals surface area contributed by atoms with E-state index in [1.165, 1.54) is 0 Å². The van der Waals surface area contributed by atoms with Crippen molar-refractivity contribution >= 4 is 62.5 Å².